The van der Waals surface area contributed by atoms with Crippen molar-refractivity contribution >= 4 is 35.2 Å². The van der Waals surface area contributed by atoms with E-state index in [-0.39, 0.29) is 24.8 Å². The first-order chi connectivity index (χ1) is 12.7. The molecule has 0 heterocycles. The van der Waals surface area contributed by atoms with Gasteiger partial charge in [0, 0.05) is 0 Å². The summed E-state index contributed by atoms with van der Waals surface area (Å²) in [5.41, 5.74) is 2.64. The number of nitrogens with zero attached hydrogens (tertiary/aromatic N) is 2. The number of hydrogen-bond acceptors (Lipinski definition) is 0. The number of quaternary nitrogens is 2. The Labute approximate surface area is 189 Å². The quantitative estimate of drug-likeness (QED) is 0.308. The molecule has 29 heavy (non-hydrogen) atoms. The molecule has 0 spiro atoms. The minimum absolute atomic E-state index is 0. The second-order valence-corrected chi connectivity index (χ2v) is 10.9. The van der Waals surface area contributed by atoms with Crippen molar-refractivity contribution in [2.45, 2.75) is 0 Å². The summed E-state index contributed by atoms with van der Waals surface area (Å²) in [6.45, 7) is 0. The van der Waals surface area contributed by atoms with Gasteiger partial charge in [-0.2, -0.15) is 0 Å². The Hall–Kier alpha value is -1.41. The standard InChI is InChI=1S/C24H31N2P.2ClH/c1-25(2,3)20-12-16-23(17-13-20)27(22-10-8-7-9-11-22)24-18-14-21(15-19-24)26(4,5)6;;/h7-19H,1-6H3;2*1H/q+2;;/p-2. The molecule has 0 unspecified atom stereocenters. The summed E-state index contributed by atoms with van der Waals surface area (Å²) < 4.78 is 1.67. The zero-order valence-corrected chi connectivity index (χ0v) is 20.5. The monoisotopic (exact) mass is 448 g/mol. The highest BCUT2D eigenvalue weighted by Gasteiger charge is 2.20. The van der Waals surface area contributed by atoms with Crippen LogP contribution in [-0.2, 0) is 0 Å². The molecule has 0 amide bonds. The van der Waals surface area contributed by atoms with Crippen LogP contribution in [0.5, 0.6) is 0 Å². The maximum atomic E-state index is 2.31. The zero-order valence-electron chi connectivity index (χ0n) is 18.1. The zero-order chi connectivity index (χ0) is 19.7. The van der Waals surface area contributed by atoms with Gasteiger partial charge in [-0.15, -0.1) is 0 Å². The Kier molecular flexibility index (Phi) is 8.90. The van der Waals surface area contributed by atoms with E-state index in [1.54, 1.807) is 0 Å². The molecule has 0 aliphatic carbocycles. The van der Waals surface area contributed by atoms with Crippen LogP contribution >= 0.6 is 7.92 Å². The summed E-state index contributed by atoms with van der Waals surface area (Å²) in [6.07, 6.45) is 0. The molecule has 2 nitrogen and oxygen atoms in total. The fourth-order valence-electron chi connectivity index (χ4n) is 3.12. The van der Waals surface area contributed by atoms with Gasteiger partial charge in [-0.3, -0.25) is 8.97 Å². The lowest BCUT2D eigenvalue weighted by Crippen LogP contribution is -3.00. The average Bonchev–Trinajstić information content (AvgIpc) is 2.62. The molecule has 3 aromatic rings. The second kappa shape index (κ2) is 10.1. The smallest absolute Gasteiger partial charge is 0.132 e. The van der Waals surface area contributed by atoms with Crippen molar-refractivity contribution < 1.29 is 24.8 Å². The van der Waals surface area contributed by atoms with Crippen molar-refractivity contribution in [3.05, 3.63) is 78.9 Å². The van der Waals surface area contributed by atoms with Gasteiger partial charge in [0.05, 0.1) is 42.3 Å². The van der Waals surface area contributed by atoms with Gasteiger partial charge in [0.25, 0.3) is 0 Å². The molecule has 0 aliphatic heterocycles. The van der Waals surface area contributed by atoms with Gasteiger partial charge in [0.2, 0.25) is 0 Å². The van der Waals surface area contributed by atoms with Crippen LogP contribution in [0.4, 0.5) is 11.4 Å². The molecular formula is C24H31Cl2N2P. The van der Waals surface area contributed by atoms with Crippen LogP contribution in [0.1, 0.15) is 0 Å². The molecular weight excluding hydrogens is 418 g/mol. The number of hydrogen-bond donors (Lipinski definition) is 0. The normalized spacial score (nSPS) is 11.6. The Balaban J connectivity index is 0.00000210. The van der Waals surface area contributed by atoms with Crippen molar-refractivity contribution in [2.75, 3.05) is 42.3 Å². The summed E-state index contributed by atoms with van der Waals surface area (Å²) in [6, 6.07) is 29.2. The Morgan fingerprint density at radius 1 is 0.448 bits per heavy atom. The maximum absolute atomic E-state index is 2.31. The topological polar surface area (TPSA) is 0 Å². The molecule has 3 aromatic carbocycles. The van der Waals surface area contributed by atoms with Gasteiger partial charge in [-0.1, -0.05) is 30.3 Å². The van der Waals surface area contributed by atoms with Gasteiger partial charge in [-0.05, 0) is 72.4 Å². The molecule has 0 atom stereocenters. The minimum atomic E-state index is -0.556. The maximum Gasteiger partial charge on any atom is 0.132 e. The Morgan fingerprint density at radius 2 is 0.759 bits per heavy atom. The van der Waals surface area contributed by atoms with E-state index in [1.807, 2.05) is 0 Å². The van der Waals surface area contributed by atoms with E-state index in [1.165, 1.54) is 27.3 Å². The Bertz CT molecular complexity index is 824. The fourth-order valence-corrected chi connectivity index (χ4v) is 5.38. The first-order valence-corrected chi connectivity index (χ1v) is 10.7. The molecule has 156 valence electrons. The highest BCUT2D eigenvalue weighted by molar-refractivity contribution is 7.79. The molecule has 0 bridgehead atoms. The third-order valence-corrected chi connectivity index (χ3v) is 7.22. The molecule has 5 heteroatoms. The van der Waals surface area contributed by atoms with E-state index in [9.17, 15) is 0 Å². The summed E-state index contributed by atoms with van der Waals surface area (Å²) in [5.74, 6) is 0. The molecule has 0 aliphatic rings. The van der Waals surface area contributed by atoms with Crippen molar-refractivity contribution in [1.82, 2.24) is 8.97 Å². The van der Waals surface area contributed by atoms with Crippen LogP contribution in [0.25, 0.3) is 0 Å². The lowest BCUT2D eigenvalue weighted by molar-refractivity contribution is -0.001000. The lowest BCUT2D eigenvalue weighted by Gasteiger charge is -2.26. The molecule has 3 rings (SSSR count). The van der Waals surface area contributed by atoms with Crippen LogP contribution in [0.15, 0.2) is 78.9 Å². The highest BCUT2D eigenvalue weighted by atomic mass is 35.5. The first-order valence-electron chi connectivity index (χ1n) is 9.35. The lowest BCUT2D eigenvalue weighted by atomic mass is 10.3. The predicted octanol–water partition coefficient (Wildman–Crippen LogP) is -2.15. The average molecular weight is 449 g/mol. The third kappa shape index (κ3) is 6.28. The predicted molar refractivity (Wildman–Crippen MR) is 124 cm³/mol. The number of benzene rings is 3. The van der Waals surface area contributed by atoms with Crippen LogP contribution in [0, 0.1) is 0 Å². The first kappa shape index (κ1) is 25.6. The van der Waals surface area contributed by atoms with E-state index >= 15 is 0 Å². The summed E-state index contributed by atoms with van der Waals surface area (Å²) in [5, 5.41) is 4.18. The van der Waals surface area contributed by atoms with Gasteiger partial charge in [-0.25, -0.2) is 0 Å². The van der Waals surface area contributed by atoms with E-state index in [0.29, 0.717) is 0 Å². The summed E-state index contributed by atoms with van der Waals surface area (Å²) in [4.78, 5) is 0. The van der Waals surface area contributed by atoms with Gasteiger partial charge in [0.15, 0.2) is 0 Å². The minimum Gasteiger partial charge on any atom is -1.00 e. The van der Waals surface area contributed by atoms with Gasteiger partial charge in [0.1, 0.15) is 11.4 Å². The van der Waals surface area contributed by atoms with Gasteiger partial charge >= 0.3 is 0 Å². The molecule has 0 radical (unpaired) electrons. The van der Waals surface area contributed by atoms with Crippen LogP contribution in [0.3, 0.4) is 0 Å². The van der Waals surface area contributed by atoms with Crippen molar-refractivity contribution in [1.29, 1.82) is 0 Å². The molecule has 0 fully saturated rings. The number of rotatable bonds is 5. The number of halogens is 2. The largest absolute Gasteiger partial charge is 1.00 e. The molecule has 0 N–H and O–H groups in total. The molecule has 0 aromatic heterocycles. The summed E-state index contributed by atoms with van der Waals surface area (Å²) >= 11 is 0. The van der Waals surface area contributed by atoms with E-state index in [4.69, 9.17) is 0 Å². The van der Waals surface area contributed by atoms with Crippen LogP contribution in [-0.4, -0.2) is 42.3 Å². The van der Waals surface area contributed by atoms with E-state index < -0.39 is 7.92 Å². The van der Waals surface area contributed by atoms with Crippen molar-refractivity contribution in [3.8, 4) is 0 Å². The second-order valence-electron chi connectivity index (χ2n) is 8.73. The third-order valence-electron chi connectivity index (χ3n) is 4.78. The van der Waals surface area contributed by atoms with Gasteiger partial charge < -0.3 is 24.8 Å². The van der Waals surface area contributed by atoms with Crippen LogP contribution in [0.2, 0.25) is 0 Å². The van der Waals surface area contributed by atoms with Crippen molar-refractivity contribution in [3.63, 3.8) is 0 Å². The molecule has 0 saturated heterocycles. The van der Waals surface area contributed by atoms with Crippen molar-refractivity contribution in [2.24, 2.45) is 0 Å². The van der Waals surface area contributed by atoms with E-state index in [0.717, 1.165) is 8.97 Å². The summed E-state index contributed by atoms with van der Waals surface area (Å²) in [7, 11) is 12.7. The fraction of sp³-hybridized carbons (Fsp3) is 0.250. The SMILES string of the molecule is C[N+](C)(C)c1ccc(P(c2ccccc2)c2ccc([N+](C)(C)C)cc2)cc1.[Cl-].[Cl-]. The highest BCUT2D eigenvalue weighted by Crippen LogP contribution is 2.34. The molecule has 0 saturated carbocycles. The van der Waals surface area contributed by atoms with E-state index in [2.05, 4.69) is 121 Å². The van der Waals surface area contributed by atoms with Crippen LogP contribution < -0.4 is 49.7 Å². The Morgan fingerprint density at radius 3 is 1.07 bits per heavy atom.